The van der Waals surface area contributed by atoms with Gasteiger partial charge in [0, 0.05) is 0 Å². The van der Waals surface area contributed by atoms with Crippen molar-refractivity contribution in [2.24, 2.45) is 5.73 Å². The molecule has 3 N–H and O–H groups in total. The third-order valence-corrected chi connectivity index (χ3v) is 2.26. The second-order valence-corrected chi connectivity index (χ2v) is 3.29. The number of aliphatic hydroxyl groups is 1. The fourth-order valence-electron chi connectivity index (χ4n) is 1.04. The Bertz CT molecular complexity index is 304. The number of hydrogen-bond acceptors (Lipinski definition) is 2. The molecule has 0 aliphatic carbocycles. The van der Waals surface area contributed by atoms with E-state index in [-0.39, 0.29) is 5.02 Å². The number of nitrogens with two attached hydrogens (primary N) is 1. The lowest BCUT2D eigenvalue weighted by atomic mass is 10.0. The van der Waals surface area contributed by atoms with Crippen molar-refractivity contribution in [3.8, 4) is 0 Å². The van der Waals surface area contributed by atoms with Gasteiger partial charge in [0.25, 0.3) is 0 Å². The van der Waals surface area contributed by atoms with Crippen LogP contribution in [-0.2, 0) is 0 Å². The van der Waals surface area contributed by atoms with Crippen molar-refractivity contribution in [3.05, 3.63) is 34.6 Å². The lowest BCUT2D eigenvalue weighted by Crippen LogP contribution is -2.23. The maximum Gasteiger partial charge on any atom is 0.142 e. The highest BCUT2D eigenvalue weighted by Crippen LogP contribution is 2.25. The van der Waals surface area contributed by atoms with Gasteiger partial charge in [-0.15, -0.1) is 0 Å². The molecule has 0 heterocycles. The molecule has 0 bridgehead atoms. The first kappa shape index (κ1) is 10.4. The second kappa shape index (κ2) is 4.05. The maximum absolute atomic E-state index is 12.9. The van der Waals surface area contributed by atoms with E-state index in [0.29, 0.717) is 5.56 Å². The quantitative estimate of drug-likeness (QED) is 0.771. The summed E-state index contributed by atoms with van der Waals surface area (Å²) >= 11 is 5.67. The van der Waals surface area contributed by atoms with E-state index >= 15 is 0 Å². The van der Waals surface area contributed by atoms with Crippen LogP contribution in [0, 0.1) is 5.82 Å². The van der Waals surface area contributed by atoms with E-state index in [0.717, 1.165) is 0 Å². The van der Waals surface area contributed by atoms with Crippen molar-refractivity contribution in [2.45, 2.75) is 19.1 Å². The highest BCUT2D eigenvalue weighted by atomic mass is 35.5. The summed E-state index contributed by atoms with van der Waals surface area (Å²) in [5, 5.41) is 9.17. The zero-order valence-corrected chi connectivity index (χ0v) is 7.92. The van der Waals surface area contributed by atoms with Crippen LogP contribution in [0.5, 0.6) is 0 Å². The van der Waals surface area contributed by atoms with Gasteiger partial charge >= 0.3 is 0 Å². The molecule has 0 amide bonds. The van der Waals surface area contributed by atoms with E-state index in [1.807, 2.05) is 0 Å². The largest absolute Gasteiger partial charge is 0.391 e. The number of benzene rings is 1. The minimum atomic E-state index is -0.751. The highest BCUT2D eigenvalue weighted by molar-refractivity contribution is 6.31. The molecule has 72 valence electrons. The summed E-state index contributed by atoms with van der Waals surface area (Å²) in [4.78, 5) is 0. The third-order valence-electron chi connectivity index (χ3n) is 1.86. The van der Waals surface area contributed by atoms with Gasteiger partial charge in [-0.3, -0.25) is 0 Å². The lowest BCUT2D eigenvalue weighted by molar-refractivity contribution is 0.164. The van der Waals surface area contributed by atoms with Crippen LogP contribution in [0.2, 0.25) is 5.02 Å². The van der Waals surface area contributed by atoms with Crippen LogP contribution in [0.15, 0.2) is 18.2 Å². The molecule has 0 spiro atoms. The molecular formula is C9H11ClFNO. The van der Waals surface area contributed by atoms with Gasteiger partial charge in [-0.05, 0) is 18.6 Å². The van der Waals surface area contributed by atoms with Gasteiger partial charge in [0.15, 0.2) is 0 Å². The fraction of sp³-hybridized carbons (Fsp3) is 0.333. The Morgan fingerprint density at radius 2 is 2.15 bits per heavy atom. The zero-order valence-electron chi connectivity index (χ0n) is 7.17. The Kier molecular flexibility index (Phi) is 3.25. The Labute approximate surface area is 81.1 Å². The second-order valence-electron chi connectivity index (χ2n) is 2.91. The van der Waals surface area contributed by atoms with E-state index in [4.69, 9.17) is 17.3 Å². The normalized spacial score (nSPS) is 15.5. The smallest absolute Gasteiger partial charge is 0.142 e. The molecule has 1 rings (SSSR count). The molecular weight excluding hydrogens is 193 g/mol. The monoisotopic (exact) mass is 203 g/mol. The molecule has 0 aliphatic rings. The van der Waals surface area contributed by atoms with Crippen LogP contribution in [0.3, 0.4) is 0 Å². The summed E-state index contributed by atoms with van der Waals surface area (Å²) in [7, 11) is 0. The molecule has 4 heteroatoms. The topological polar surface area (TPSA) is 46.2 Å². The maximum atomic E-state index is 12.9. The minimum Gasteiger partial charge on any atom is -0.391 e. The SMILES string of the molecule is C[C@@H](O)[C@@H](N)c1cccc(F)c1Cl. The Balaban J connectivity index is 3.07. The molecule has 0 saturated heterocycles. The van der Waals surface area contributed by atoms with Gasteiger partial charge in [0.1, 0.15) is 5.82 Å². The molecule has 1 aromatic carbocycles. The van der Waals surface area contributed by atoms with E-state index in [1.165, 1.54) is 19.1 Å². The van der Waals surface area contributed by atoms with E-state index < -0.39 is 18.0 Å². The number of hydrogen-bond donors (Lipinski definition) is 2. The first-order valence-electron chi connectivity index (χ1n) is 3.91. The van der Waals surface area contributed by atoms with Crippen LogP contribution >= 0.6 is 11.6 Å². The van der Waals surface area contributed by atoms with Gasteiger partial charge in [-0.25, -0.2) is 4.39 Å². The predicted octanol–water partition coefficient (Wildman–Crippen LogP) is 1.86. The Hall–Kier alpha value is -0.640. The van der Waals surface area contributed by atoms with Crippen molar-refractivity contribution in [1.82, 2.24) is 0 Å². The summed E-state index contributed by atoms with van der Waals surface area (Å²) in [6.07, 6.45) is -0.751. The van der Waals surface area contributed by atoms with Gasteiger partial charge in [-0.1, -0.05) is 23.7 Å². The highest BCUT2D eigenvalue weighted by Gasteiger charge is 2.16. The molecule has 0 unspecified atom stereocenters. The summed E-state index contributed by atoms with van der Waals surface area (Å²) in [6.45, 7) is 1.53. The first-order valence-corrected chi connectivity index (χ1v) is 4.29. The number of halogens is 2. The molecule has 0 aliphatic heterocycles. The molecule has 2 atom stereocenters. The molecule has 0 saturated carbocycles. The standard InChI is InChI=1S/C9H11ClFNO/c1-5(13)9(12)6-3-2-4-7(11)8(6)10/h2-5,9,13H,12H2,1H3/t5-,9-/m1/s1. The minimum absolute atomic E-state index is 0.0177. The van der Waals surface area contributed by atoms with Crippen molar-refractivity contribution in [3.63, 3.8) is 0 Å². The molecule has 0 radical (unpaired) electrons. The number of rotatable bonds is 2. The Morgan fingerprint density at radius 1 is 1.54 bits per heavy atom. The number of aliphatic hydroxyl groups excluding tert-OH is 1. The Morgan fingerprint density at radius 3 is 2.69 bits per heavy atom. The van der Waals surface area contributed by atoms with Crippen molar-refractivity contribution in [1.29, 1.82) is 0 Å². The third kappa shape index (κ3) is 2.18. The average Bonchev–Trinajstić information content (AvgIpc) is 2.08. The van der Waals surface area contributed by atoms with Crippen LogP contribution in [0.4, 0.5) is 4.39 Å². The van der Waals surface area contributed by atoms with Crippen molar-refractivity contribution in [2.75, 3.05) is 0 Å². The van der Waals surface area contributed by atoms with E-state index in [2.05, 4.69) is 0 Å². The van der Waals surface area contributed by atoms with Gasteiger partial charge < -0.3 is 10.8 Å². The van der Waals surface area contributed by atoms with E-state index in [9.17, 15) is 9.50 Å². The molecule has 2 nitrogen and oxygen atoms in total. The van der Waals surface area contributed by atoms with Crippen LogP contribution in [-0.4, -0.2) is 11.2 Å². The molecule has 13 heavy (non-hydrogen) atoms. The van der Waals surface area contributed by atoms with Crippen LogP contribution in [0.1, 0.15) is 18.5 Å². The summed E-state index contributed by atoms with van der Waals surface area (Å²) in [6, 6.07) is 3.71. The van der Waals surface area contributed by atoms with Crippen LogP contribution < -0.4 is 5.73 Å². The molecule has 0 fully saturated rings. The summed E-state index contributed by atoms with van der Waals surface area (Å²) < 4.78 is 12.9. The van der Waals surface area contributed by atoms with Crippen LogP contribution in [0.25, 0.3) is 0 Å². The zero-order chi connectivity index (χ0) is 10.0. The van der Waals surface area contributed by atoms with Crippen molar-refractivity contribution >= 4 is 11.6 Å². The summed E-state index contributed by atoms with van der Waals surface area (Å²) in [5.41, 5.74) is 6.03. The van der Waals surface area contributed by atoms with Gasteiger partial charge in [0.05, 0.1) is 17.2 Å². The van der Waals surface area contributed by atoms with Crippen molar-refractivity contribution < 1.29 is 9.50 Å². The average molecular weight is 204 g/mol. The van der Waals surface area contributed by atoms with Gasteiger partial charge in [0.2, 0.25) is 0 Å². The lowest BCUT2D eigenvalue weighted by Gasteiger charge is -2.16. The van der Waals surface area contributed by atoms with Gasteiger partial charge in [-0.2, -0.15) is 0 Å². The first-order chi connectivity index (χ1) is 6.04. The predicted molar refractivity (Wildman–Crippen MR) is 50.0 cm³/mol. The fourth-order valence-corrected chi connectivity index (χ4v) is 1.29. The molecule has 1 aromatic rings. The molecule has 0 aromatic heterocycles. The van der Waals surface area contributed by atoms with E-state index in [1.54, 1.807) is 6.07 Å². The summed E-state index contributed by atoms with van der Waals surface area (Å²) in [5.74, 6) is -0.518.